The zero-order valence-electron chi connectivity index (χ0n) is 14.2. The molecule has 134 valence electrons. The molecular weight excluding hydrogens is 353 g/mol. The van der Waals surface area contributed by atoms with Crippen LogP contribution in [0.1, 0.15) is 28.1 Å². The zero-order chi connectivity index (χ0) is 18.5. The van der Waals surface area contributed by atoms with Crippen molar-refractivity contribution in [3.63, 3.8) is 0 Å². The Kier molecular flexibility index (Phi) is 5.63. The van der Waals surface area contributed by atoms with E-state index in [9.17, 15) is 14.0 Å². The molecule has 0 saturated carbocycles. The predicted octanol–water partition coefficient (Wildman–Crippen LogP) is 4.12. The molecule has 0 aliphatic carbocycles. The zero-order valence-corrected chi connectivity index (χ0v) is 15.0. The molecule has 3 rings (SSSR count). The molecule has 1 heterocycles. The van der Waals surface area contributed by atoms with Gasteiger partial charge in [-0.2, -0.15) is 0 Å². The summed E-state index contributed by atoms with van der Waals surface area (Å²) in [6.45, 7) is 2.13. The Morgan fingerprint density at radius 2 is 1.92 bits per heavy atom. The first kappa shape index (κ1) is 18.1. The fourth-order valence-electron chi connectivity index (χ4n) is 2.53. The van der Waals surface area contributed by atoms with E-state index in [1.807, 2.05) is 37.3 Å². The van der Waals surface area contributed by atoms with E-state index in [0.29, 0.717) is 16.8 Å². The van der Waals surface area contributed by atoms with Crippen molar-refractivity contribution in [2.75, 3.05) is 13.2 Å². The second-order valence-electron chi connectivity index (χ2n) is 5.98. The molecule has 0 unspecified atom stereocenters. The average molecular weight is 371 g/mol. The fourth-order valence-corrected chi connectivity index (χ4v) is 3.47. The van der Waals surface area contributed by atoms with Gasteiger partial charge < -0.3 is 10.1 Å². The molecule has 3 aromatic rings. The van der Waals surface area contributed by atoms with Crippen molar-refractivity contribution in [2.45, 2.75) is 12.8 Å². The van der Waals surface area contributed by atoms with Crippen LogP contribution in [-0.4, -0.2) is 25.0 Å². The van der Waals surface area contributed by atoms with Crippen LogP contribution in [0.2, 0.25) is 0 Å². The van der Waals surface area contributed by atoms with Gasteiger partial charge in [0.25, 0.3) is 5.91 Å². The van der Waals surface area contributed by atoms with Gasteiger partial charge >= 0.3 is 5.97 Å². The normalized spacial score (nSPS) is 11.9. The molecule has 0 radical (unpaired) electrons. The molecule has 1 atom stereocenters. The minimum atomic E-state index is -0.585. The lowest BCUT2D eigenvalue weighted by Gasteiger charge is -2.13. The number of carbonyl (C=O) groups is 2. The number of benzene rings is 2. The summed E-state index contributed by atoms with van der Waals surface area (Å²) in [7, 11) is 0. The quantitative estimate of drug-likeness (QED) is 0.663. The topological polar surface area (TPSA) is 55.4 Å². The van der Waals surface area contributed by atoms with Crippen LogP contribution < -0.4 is 5.32 Å². The standard InChI is InChI=1S/C20H18FNO3S/c1-13(14-5-3-2-4-6-14)11-22-19(23)12-25-20(24)18-10-15-9-16(21)7-8-17(15)26-18/h2-10,13H,11-12H2,1H3,(H,22,23)/t13-/m0/s1. The van der Waals surface area contributed by atoms with Crippen molar-refractivity contribution >= 4 is 33.3 Å². The number of nitrogens with one attached hydrogen (secondary N) is 1. The molecule has 4 nitrogen and oxygen atoms in total. The maximum absolute atomic E-state index is 13.2. The highest BCUT2D eigenvalue weighted by molar-refractivity contribution is 7.20. The van der Waals surface area contributed by atoms with Gasteiger partial charge in [-0.1, -0.05) is 37.3 Å². The van der Waals surface area contributed by atoms with Crippen molar-refractivity contribution < 1.29 is 18.7 Å². The second kappa shape index (κ2) is 8.10. The summed E-state index contributed by atoms with van der Waals surface area (Å²) < 4.78 is 19.1. The molecule has 1 amide bonds. The summed E-state index contributed by atoms with van der Waals surface area (Å²) in [5.74, 6) is -1.14. The minimum absolute atomic E-state index is 0.161. The van der Waals surface area contributed by atoms with Crippen molar-refractivity contribution in [3.8, 4) is 0 Å². The Balaban J connectivity index is 1.49. The highest BCUT2D eigenvalue weighted by Crippen LogP contribution is 2.26. The maximum Gasteiger partial charge on any atom is 0.348 e. The lowest BCUT2D eigenvalue weighted by atomic mass is 10.0. The maximum atomic E-state index is 13.2. The molecule has 0 fully saturated rings. The number of thiophene rings is 1. The van der Waals surface area contributed by atoms with Gasteiger partial charge in [0.05, 0.1) is 0 Å². The number of esters is 1. The first-order valence-corrected chi connectivity index (χ1v) is 9.02. The summed E-state index contributed by atoms with van der Waals surface area (Å²) in [4.78, 5) is 24.3. The Morgan fingerprint density at radius 3 is 2.69 bits per heavy atom. The number of fused-ring (bicyclic) bond motifs is 1. The van der Waals surface area contributed by atoms with Crippen LogP contribution in [0.15, 0.2) is 54.6 Å². The van der Waals surface area contributed by atoms with E-state index >= 15 is 0 Å². The van der Waals surface area contributed by atoms with Gasteiger partial charge in [0, 0.05) is 11.2 Å². The summed E-state index contributed by atoms with van der Waals surface area (Å²) in [5, 5.41) is 3.40. The van der Waals surface area contributed by atoms with E-state index in [2.05, 4.69) is 5.32 Å². The smallest absolute Gasteiger partial charge is 0.348 e. The van der Waals surface area contributed by atoms with Gasteiger partial charge in [0.2, 0.25) is 0 Å². The summed E-state index contributed by atoms with van der Waals surface area (Å²) in [6.07, 6.45) is 0. The Morgan fingerprint density at radius 1 is 1.15 bits per heavy atom. The number of ether oxygens (including phenoxy) is 1. The summed E-state index contributed by atoms with van der Waals surface area (Å²) in [6, 6.07) is 15.7. The molecule has 1 aromatic heterocycles. The van der Waals surface area contributed by atoms with Gasteiger partial charge in [0.15, 0.2) is 6.61 Å². The highest BCUT2D eigenvalue weighted by Gasteiger charge is 2.14. The molecule has 1 N–H and O–H groups in total. The summed E-state index contributed by atoms with van der Waals surface area (Å²) >= 11 is 1.21. The predicted molar refractivity (Wildman–Crippen MR) is 99.9 cm³/mol. The average Bonchev–Trinajstić information content (AvgIpc) is 3.08. The Hall–Kier alpha value is -2.73. The Labute approximate surface area is 154 Å². The fraction of sp³-hybridized carbons (Fsp3) is 0.200. The minimum Gasteiger partial charge on any atom is -0.451 e. The molecule has 0 aliphatic heterocycles. The largest absolute Gasteiger partial charge is 0.451 e. The van der Waals surface area contributed by atoms with Gasteiger partial charge in [0.1, 0.15) is 10.7 Å². The van der Waals surface area contributed by atoms with Crippen LogP contribution in [0.4, 0.5) is 4.39 Å². The van der Waals surface area contributed by atoms with E-state index < -0.39 is 5.97 Å². The van der Waals surface area contributed by atoms with Crippen LogP contribution in [0.25, 0.3) is 10.1 Å². The van der Waals surface area contributed by atoms with Crippen molar-refractivity contribution in [2.24, 2.45) is 0 Å². The van der Waals surface area contributed by atoms with E-state index in [1.165, 1.54) is 23.5 Å². The van der Waals surface area contributed by atoms with Gasteiger partial charge in [-0.05, 0) is 41.1 Å². The van der Waals surface area contributed by atoms with Crippen LogP contribution in [0.3, 0.4) is 0 Å². The molecule has 6 heteroatoms. The van der Waals surface area contributed by atoms with Crippen molar-refractivity contribution in [1.82, 2.24) is 5.32 Å². The lowest BCUT2D eigenvalue weighted by Crippen LogP contribution is -2.31. The van der Waals surface area contributed by atoms with Gasteiger partial charge in [-0.15, -0.1) is 11.3 Å². The number of rotatable bonds is 6. The van der Waals surface area contributed by atoms with Crippen LogP contribution in [0.5, 0.6) is 0 Å². The van der Waals surface area contributed by atoms with Crippen LogP contribution in [0, 0.1) is 5.82 Å². The van der Waals surface area contributed by atoms with Crippen LogP contribution in [-0.2, 0) is 9.53 Å². The number of halogens is 1. The molecular formula is C20H18FNO3S. The summed E-state index contributed by atoms with van der Waals surface area (Å²) in [5.41, 5.74) is 1.13. The monoisotopic (exact) mass is 371 g/mol. The van der Waals surface area contributed by atoms with Gasteiger partial charge in [-0.25, -0.2) is 9.18 Å². The van der Waals surface area contributed by atoms with E-state index in [-0.39, 0.29) is 24.2 Å². The van der Waals surface area contributed by atoms with Crippen LogP contribution >= 0.6 is 11.3 Å². The second-order valence-corrected chi connectivity index (χ2v) is 7.07. The molecule has 2 aromatic carbocycles. The van der Waals surface area contributed by atoms with Crippen molar-refractivity contribution in [3.05, 3.63) is 70.9 Å². The number of amides is 1. The molecule has 0 bridgehead atoms. The first-order chi connectivity index (χ1) is 12.5. The van der Waals surface area contributed by atoms with E-state index in [4.69, 9.17) is 4.74 Å². The number of hydrogen-bond donors (Lipinski definition) is 1. The third kappa shape index (κ3) is 4.46. The van der Waals surface area contributed by atoms with Gasteiger partial charge in [-0.3, -0.25) is 4.79 Å². The first-order valence-electron chi connectivity index (χ1n) is 8.21. The molecule has 0 saturated heterocycles. The van der Waals surface area contributed by atoms with E-state index in [1.54, 1.807) is 12.1 Å². The molecule has 26 heavy (non-hydrogen) atoms. The molecule has 0 aliphatic rings. The Bertz CT molecular complexity index is 923. The lowest BCUT2D eigenvalue weighted by molar-refractivity contribution is -0.124. The third-order valence-corrected chi connectivity index (χ3v) is 5.08. The SMILES string of the molecule is C[C@@H](CNC(=O)COC(=O)c1cc2cc(F)ccc2s1)c1ccccc1. The third-order valence-electron chi connectivity index (χ3n) is 3.99. The highest BCUT2D eigenvalue weighted by atomic mass is 32.1. The number of hydrogen-bond acceptors (Lipinski definition) is 4. The van der Waals surface area contributed by atoms with E-state index in [0.717, 1.165) is 10.3 Å². The van der Waals surface area contributed by atoms with Crippen molar-refractivity contribution in [1.29, 1.82) is 0 Å². The number of carbonyl (C=O) groups excluding carboxylic acids is 2. The molecule has 0 spiro atoms.